The molecule has 1 aliphatic heterocycles. The maximum absolute atomic E-state index is 13.5. The van der Waals surface area contributed by atoms with Crippen molar-refractivity contribution in [3.8, 4) is 5.75 Å². The molecule has 0 bridgehead atoms. The Labute approximate surface area is 168 Å². The van der Waals surface area contributed by atoms with Gasteiger partial charge in [0.1, 0.15) is 5.75 Å². The zero-order chi connectivity index (χ0) is 19.7. The number of hydrogen-bond acceptors (Lipinski definition) is 4. The van der Waals surface area contributed by atoms with E-state index in [-0.39, 0.29) is 11.8 Å². The topological polar surface area (TPSA) is 32.8 Å². The third-order valence-corrected chi connectivity index (χ3v) is 6.27. The van der Waals surface area contributed by atoms with Gasteiger partial charge < -0.3 is 4.74 Å². The largest absolute Gasteiger partial charge is 0.497 e. The summed E-state index contributed by atoms with van der Waals surface area (Å²) >= 11 is 0. The minimum absolute atomic E-state index is 0.0556. The molecule has 1 saturated carbocycles. The number of benzene rings is 2. The lowest BCUT2D eigenvalue weighted by molar-refractivity contribution is 0.0255. The zero-order valence-corrected chi connectivity index (χ0v) is 17.3. The smallest absolute Gasteiger partial charge is 0.181 e. The number of carbonyl (C=O) groups is 1. The lowest BCUT2D eigenvalue weighted by atomic mass is 9.89. The van der Waals surface area contributed by atoms with E-state index in [2.05, 4.69) is 23.6 Å². The number of piperazine rings is 1. The fourth-order valence-corrected chi connectivity index (χ4v) is 4.47. The van der Waals surface area contributed by atoms with Gasteiger partial charge in [-0.25, -0.2) is 0 Å². The van der Waals surface area contributed by atoms with Crippen LogP contribution in [0.2, 0.25) is 0 Å². The number of methoxy groups -OCH3 is 1. The van der Waals surface area contributed by atoms with Crippen molar-refractivity contribution in [1.82, 2.24) is 9.80 Å². The predicted octanol–water partition coefficient (Wildman–Crippen LogP) is 4.18. The Hall–Kier alpha value is -1.91. The highest BCUT2D eigenvalue weighted by atomic mass is 16.5. The maximum atomic E-state index is 13.5. The first-order valence-corrected chi connectivity index (χ1v) is 10.4. The molecule has 1 unspecified atom stereocenters. The van der Waals surface area contributed by atoms with E-state index in [4.69, 9.17) is 4.74 Å². The average molecular weight is 380 g/mol. The second-order valence-corrected chi connectivity index (χ2v) is 8.57. The van der Waals surface area contributed by atoms with Gasteiger partial charge in [0.2, 0.25) is 0 Å². The van der Waals surface area contributed by atoms with Gasteiger partial charge in [0.15, 0.2) is 5.78 Å². The average Bonchev–Trinajstić information content (AvgIpc) is 2.66. The highest BCUT2D eigenvalue weighted by Crippen LogP contribution is 2.29. The lowest BCUT2D eigenvalue weighted by Gasteiger charge is -2.46. The Morgan fingerprint density at radius 1 is 1.07 bits per heavy atom. The normalized spacial score (nSPS) is 21.8. The molecule has 28 heavy (non-hydrogen) atoms. The molecule has 0 amide bonds. The number of ketones is 1. The Morgan fingerprint density at radius 3 is 2.50 bits per heavy atom. The van der Waals surface area contributed by atoms with E-state index in [1.807, 2.05) is 36.4 Å². The predicted molar refractivity (Wildman–Crippen MR) is 114 cm³/mol. The zero-order valence-electron chi connectivity index (χ0n) is 17.3. The summed E-state index contributed by atoms with van der Waals surface area (Å²) in [4.78, 5) is 18.5. The number of ether oxygens (including phenoxy) is 1. The van der Waals surface area contributed by atoms with E-state index in [1.54, 1.807) is 7.11 Å². The standard InChI is InChI=1S/C24H31N2O2/c1-17(2)15-26-12-11-25(21-5-4-6-21)16-23(26)24(27)20-8-7-19-14-22(28-3)10-9-18(19)13-20/h7-10,13-14,21,23H,4-6,11-12,15-16H2,1-3H3. The molecular weight excluding hydrogens is 348 g/mol. The molecule has 1 aliphatic carbocycles. The molecular formula is C24H31N2O2. The van der Waals surface area contributed by atoms with Crippen LogP contribution in [0, 0.1) is 5.92 Å². The van der Waals surface area contributed by atoms with Crippen LogP contribution in [0.25, 0.3) is 10.8 Å². The minimum Gasteiger partial charge on any atom is -0.497 e. The van der Waals surface area contributed by atoms with Crippen LogP contribution < -0.4 is 4.74 Å². The summed E-state index contributed by atoms with van der Waals surface area (Å²) in [7, 11) is 1.68. The molecule has 0 spiro atoms. The van der Waals surface area contributed by atoms with Gasteiger partial charge in [0.25, 0.3) is 0 Å². The molecule has 2 aliphatic rings. The van der Waals surface area contributed by atoms with E-state index < -0.39 is 0 Å². The minimum atomic E-state index is -0.0556. The Kier molecular flexibility index (Phi) is 5.70. The van der Waals surface area contributed by atoms with Crippen LogP contribution in [0.3, 0.4) is 0 Å². The van der Waals surface area contributed by atoms with Gasteiger partial charge in [-0.3, -0.25) is 14.6 Å². The van der Waals surface area contributed by atoms with Crippen molar-refractivity contribution in [3.63, 3.8) is 0 Å². The van der Waals surface area contributed by atoms with Crippen molar-refractivity contribution in [2.24, 2.45) is 0 Å². The molecule has 1 radical (unpaired) electrons. The summed E-state index contributed by atoms with van der Waals surface area (Å²) in [5.41, 5.74) is 0.817. The molecule has 2 aromatic rings. The molecule has 1 saturated heterocycles. The van der Waals surface area contributed by atoms with E-state index >= 15 is 0 Å². The molecule has 149 valence electrons. The van der Waals surface area contributed by atoms with E-state index in [1.165, 1.54) is 25.2 Å². The van der Waals surface area contributed by atoms with Crippen molar-refractivity contribution >= 4 is 16.6 Å². The summed E-state index contributed by atoms with van der Waals surface area (Å²) in [6, 6.07) is 12.7. The summed E-state index contributed by atoms with van der Waals surface area (Å²) in [6.45, 7) is 8.13. The molecule has 0 aromatic heterocycles. The van der Waals surface area contributed by atoms with Crippen molar-refractivity contribution in [1.29, 1.82) is 0 Å². The molecule has 0 N–H and O–H groups in total. The Morgan fingerprint density at radius 2 is 1.82 bits per heavy atom. The molecule has 4 heteroatoms. The number of Topliss-reactive ketones (excluding diaryl/α,β-unsaturated/α-hetero) is 1. The van der Waals surface area contributed by atoms with Gasteiger partial charge >= 0.3 is 0 Å². The third kappa shape index (κ3) is 3.94. The number of rotatable bonds is 6. The van der Waals surface area contributed by atoms with Crippen LogP contribution in [0.15, 0.2) is 36.4 Å². The fourth-order valence-electron chi connectivity index (χ4n) is 4.47. The monoisotopic (exact) mass is 379 g/mol. The van der Waals surface area contributed by atoms with Crippen LogP contribution in [0.4, 0.5) is 0 Å². The first kappa shape index (κ1) is 19.4. The summed E-state index contributed by atoms with van der Waals surface area (Å²) in [6.07, 6.45) is 3.91. The van der Waals surface area contributed by atoms with Gasteiger partial charge in [0, 0.05) is 37.8 Å². The van der Waals surface area contributed by atoms with Gasteiger partial charge in [-0.15, -0.1) is 0 Å². The number of carbonyl (C=O) groups excluding carboxylic acids is 1. The van der Waals surface area contributed by atoms with Gasteiger partial charge in [-0.1, -0.05) is 38.5 Å². The van der Waals surface area contributed by atoms with Gasteiger partial charge in [-0.05, 0) is 47.7 Å². The quantitative estimate of drug-likeness (QED) is 0.705. The maximum Gasteiger partial charge on any atom is 0.181 e. The SMILES string of the molecule is COc1ccc2cc(C(=O)C3CN(C4CCC4)CCN3C[C](C)C)ccc2c1. The Bertz CT molecular complexity index is 844. The molecule has 4 nitrogen and oxygen atoms in total. The number of nitrogens with zero attached hydrogens (tertiary/aromatic N) is 2. The molecule has 2 aromatic carbocycles. The van der Waals surface area contributed by atoms with Gasteiger partial charge in [0.05, 0.1) is 13.2 Å². The summed E-state index contributed by atoms with van der Waals surface area (Å²) < 4.78 is 5.32. The first-order chi connectivity index (χ1) is 13.5. The van der Waals surface area contributed by atoms with E-state index in [0.29, 0.717) is 6.04 Å². The highest BCUT2D eigenvalue weighted by Gasteiger charge is 2.37. The lowest BCUT2D eigenvalue weighted by Crippen LogP contribution is -2.60. The van der Waals surface area contributed by atoms with Crippen molar-refractivity contribution < 1.29 is 9.53 Å². The third-order valence-electron chi connectivity index (χ3n) is 6.27. The van der Waals surface area contributed by atoms with Crippen molar-refractivity contribution in [2.75, 3.05) is 33.3 Å². The van der Waals surface area contributed by atoms with Gasteiger partial charge in [-0.2, -0.15) is 0 Å². The van der Waals surface area contributed by atoms with E-state index in [0.717, 1.165) is 48.3 Å². The second-order valence-electron chi connectivity index (χ2n) is 8.57. The van der Waals surface area contributed by atoms with Crippen molar-refractivity contribution in [3.05, 3.63) is 47.9 Å². The van der Waals surface area contributed by atoms with Crippen LogP contribution in [0.5, 0.6) is 5.75 Å². The van der Waals surface area contributed by atoms with Crippen LogP contribution in [0.1, 0.15) is 43.5 Å². The highest BCUT2D eigenvalue weighted by molar-refractivity contribution is 6.03. The van der Waals surface area contributed by atoms with Crippen LogP contribution >= 0.6 is 0 Å². The van der Waals surface area contributed by atoms with E-state index in [9.17, 15) is 4.79 Å². The molecule has 1 atom stereocenters. The number of hydrogen-bond donors (Lipinski definition) is 0. The molecule has 2 fully saturated rings. The summed E-state index contributed by atoms with van der Waals surface area (Å²) in [5, 5.41) is 2.19. The first-order valence-electron chi connectivity index (χ1n) is 10.4. The number of fused-ring (bicyclic) bond motifs is 1. The summed E-state index contributed by atoms with van der Waals surface area (Å²) in [5.74, 6) is 2.46. The van der Waals surface area contributed by atoms with Crippen molar-refractivity contribution in [2.45, 2.75) is 45.2 Å². The molecule has 1 heterocycles. The fraction of sp³-hybridized carbons (Fsp3) is 0.500. The Balaban J connectivity index is 1.59. The molecule has 4 rings (SSSR count). The second kappa shape index (κ2) is 8.22. The van der Waals surface area contributed by atoms with Crippen LogP contribution in [-0.4, -0.2) is 61.0 Å². The van der Waals surface area contributed by atoms with Crippen LogP contribution in [-0.2, 0) is 0 Å².